The number of amides is 5. The third-order valence-electron chi connectivity index (χ3n) is 5.88. The topological polar surface area (TPSA) is 309 Å². The van der Waals surface area contributed by atoms with Gasteiger partial charge in [0, 0.05) is 38.1 Å². The number of carboxylic acids is 4. The minimum Gasteiger partial charge on any atom is -0.481 e. The van der Waals surface area contributed by atoms with Gasteiger partial charge in [-0.05, 0) is 32.1 Å². The molecule has 0 aromatic rings. The van der Waals surface area contributed by atoms with Crippen LogP contribution in [0.5, 0.6) is 0 Å². The Morgan fingerprint density at radius 3 is 1.23 bits per heavy atom. The van der Waals surface area contributed by atoms with Crippen molar-refractivity contribution in [3.63, 3.8) is 0 Å². The molecule has 0 aromatic carbocycles. The van der Waals surface area contributed by atoms with Crippen molar-refractivity contribution < 1.29 is 63.6 Å². The van der Waals surface area contributed by atoms with Crippen molar-refractivity contribution in [2.75, 3.05) is 0 Å². The van der Waals surface area contributed by atoms with Gasteiger partial charge in [0.15, 0.2) is 0 Å². The van der Waals surface area contributed by atoms with Crippen LogP contribution in [0, 0.1) is 0 Å². The van der Waals surface area contributed by atoms with Crippen LogP contribution in [0.1, 0.15) is 77.6 Å². The first-order chi connectivity index (χ1) is 20.0. The maximum Gasteiger partial charge on any atom is 0.326 e. The van der Waals surface area contributed by atoms with Crippen molar-refractivity contribution in [2.24, 2.45) is 5.73 Å². The summed E-state index contributed by atoms with van der Waals surface area (Å²) in [5.41, 5.74) is 4.98. The first-order valence-electron chi connectivity index (χ1n) is 13.4. The number of rotatable bonds is 23. The fourth-order valence-corrected chi connectivity index (χ4v) is 3.68. The van der Waals surface area contributed by atoms with Crippen molar-refractivity contribution in [1.82, 2.24) is 21.3 Å². The number of carbonyl (C=O) groups is 9. The predicted octanol–water partition coefficient (Wildman–Crippen LogP) is -1.94. The number of carbonyl (C=O) groups excluding carboxylic acids is 5. The monoisotopic (exact) mass is 617 g/mol. The van der Waals surface area contributed by atoms with Gasteiger partial charge < -0.3 is 47.4 Å². The van der Waals surface area contributed by atoms with Crippen LogP contribution in [0.15, 0.2) is 0 Å². The Kier molecular flexibility index (Phi) is 17.9. The van der Waals surface area contributed by atoms with Crippen LogP contribution >= 0.6 is 0 Å². The van der Waals surface area contributed by atoms with Gasteiger partial charge in [0.2, 0.25) is 29.5 Å². The third-order valence-corrected chi connectivity index (χ3v) is 5.88. The van der Waals surface area contributed by atoms with E-state index < -0.39 is 103 Å². The molecule has 0 saturated heterocycles. The molecule has 0 aliphatic heterocycles. The van der Waals surface area contributed by atoms with Gasteiger partial charge in [0.25, 0.3) is 0 Å². The molecule has 43 heavy (non-hydrogen) atoms. The van der Waals surface area contributed by atoms with E-state index in [4.69, 9.17) is 15.9 Å². The third kappa shape index (κ3) is 18.3. The fourth-order valence-electron chi connectivity index (χ4n) is 3.68. The Balaban J connectivity index is 4.97. The number of carboxylic acid groups (broad SMARTS) is 4. The number of hydrogen-bond acceptors (Lipinski definition) is 9. The van der Waals surface area contributed by atoms with Gasteiger partial charge in [-0.2, -0.15) is 0 Å². The summed E-state index contributed by atoms with van der Waals surface area (Å²) in [6, 6.07) is -5.41. The zero-order chi connectivity index (χ0) is 33.1. The lowest BCUT2D eigenvalue weighted by Gasteiger charge is -2.19. The predicted molar refractivity (Wildman–Crippen MR) is 144 cm³/mol. The Bertz CT molecular complexity index is 1050. The van der Waals surface area contributed by atoms with E-state index in [9.17, 15) is 53.4 Å². The number of primary amides is 1. The minimum absolute atomic E-state index is 0.0866. The van der Waals surface area contributed by atoms with Crippen LogP contribution in [-0.4, -0.2) is 98.0 Å². The van der Waals surface area contributed by atoms with E-state index in [-0.39, 0.29) is 38.5 Å². The highest BCUT2D eigenvalue weighted by Crippen LogP contribution is 2.08. The quantitative estimate of drug-likeness (QED) is 0.0603. The van der Waals surface area contributed by atoms with Crippen LogP contribution in [0.4, 0.5) is 0 Å². The van der Waals surface area contributed by atoms with E-state index in [1.54, 1.807) is 6.92 Å². The van der Waals surface area contributed by atoms with E-state index in [0.717, 1.165) is 0 Å². The molecular formula is C25H39N5O13. The summed E-state index contributed by atoms with van der Waals surface area (Å²) >= 11 is 0. The molecule has 0 rings (SSSR count). The average Bonchev–Trinajstić information content (AvgIpc) is 2.89. The summed E-state index contributed by atoms with van der Waals surface area (Å²) in [6.07, 6.45) is -2.85. The fraction of sp³-hybridized carbons (Fsp3) is 0.640. The molecule has 5 amide bonds. The molecule has 10 N–H and O–H groups in total. The lowest BCUT2D eigenvalue weighted by Crippen LogP contribution is -2.44. The molecule has 4 atom stereocenters. The summed E-state index contributed by atoms with van der Waals surface area (Å²) in [5.74, 6) is -9.30. The van der Waals surface area contributed by atoms with Crippen LogP contribution in [0.3, 0.4) is 0 Å². The highest BCUT2D eigenvalue weighted by molar-refractivity contribution is 5.87. The second kappa shape index (κ2) is 20.2. The van der Waals surface area contributed by atoms with E-state index in [1.165, 1.54) is 0 Å². The van der Waals surface area contributed by atoms with E-state index in [0.29, 0.717) is 6.42 Å². The van der Waals surface area contributed by atoms with Gasteiger partial charge in [-0.1, -0.05) is 6.92 Å². The van der Waals surface area contributed by atoms with Gasteiger partial charge >= 0.3 is 23.9 Å². The van der Waals surface area contributed by atoms with Crippen LogP contribution < -0.4 is 27.0 Å². The van der Waals surface area contributed by atoms with Gasteiger partial charge in [0.05, 0.1) is 6.42 Å². The molecule has 18 nitrogen and oxygen atoms in total. The molecule has 0 aromatic heterocycles. The lowest BCUT2D eigenvalue weighted by molar-refractivity contribution is -0.143. The van der Waals surface area contributed by atoms with Crippen molar-refractivity contribution in [3.8, 4) is 0 Å². The second-order valence-corrected chi connectivity index (χ2v) is 9.61. The highest BCUT2D eigenvalue weighted by atomic mass is 16.4. The molecule has 0 saturated carbocycles. The SMILES string of the molecule is CCCC(=O)N[C@@H](CCC(=O)N[C@@H](CCC(=O)N[C@@H](CCC(=O)N[C@@H](CCC(N)=O)C(=O)O)CC(=O)O)C(=O)O)C(=O)O. The van der Waals surface area contributed by atoms with Crippen LogP contribution in [0.2, 0.25) is 0 Å². The number of aliphatic carboxylic acids is 4. The Morgan fingerprint density at radius 1 is 0.535 bits per heavy atom. The summed E-state index contributed by atoms with van der Waals surface area (Å²) in [6.45, 7) is 1.72. The Labute approximate surface area is 246 Å². The van der Waals surface area contributed by atoms with Crippen LogP contribution in [0.25, 0.3) is 0 Å². The minimum atomic E-state index is -1.55. The zero-order valence-corrected chi connectivity index (χ0v) is 23.6. The molecular weight excluding hydrogens is 578 g/mol. The average molecular weight is 618 g/mol. The summed E-state index contributed by atoms with van der Waals surface area (Å²) in [4.78, 5) is 105. The van der Waals surface area contributed by atoms with E-state index in [2.05, 4.69) is 21.3 Å². The highest BCUT2D eigenvalue weighted by Gasteiger charge is 2.26. The van der Waals surface area contributed by atoms with E-state index >= 15 is 0 Å². The van der Waals surface area contributed by atoms with Crippen LogP contribution in [-0.2, 0) is 43.2 Å². The van der Waals surface area contributed by atoms with Gasteiger partial charge in [-0.15, -0.1) is 0 Å². The first kappa shape index (κ1) is 38.2. The molecule has 0 unspecified atom stereocenters. The maximum atomic E-state index is 12.4. The number of nitrogens with two attached hydrogens (primary N) is 1. The van der Waals surface area contributed by atoms with Gasteiger partial charge in [-0.3, -0.25) is 28.8 Å². The van der Waals surface area contributed by atoms with Gasteiger partial charge in [0.1, 0.15) is 18.1 Å². The number of hydrogen-bond donors (Lipinski definition) is 9. The van der Waals surface area contributed by atoms with E-state index in [1.807, 2.05) is 0 Å². The lowest BCUT2D eigenvalue weighted by atomic mass is 10.1. The normalized spacial score (nSPS) is 13.3. The van der Waals surface area contributed by atoms with Crippen molar-refractivity contribution in [3.05, 3.63) is 0 Å². The maximum absolute atomic E-state index is 12.4. The molecule has 0 heterocycles. The summed E-state index contributed by atoms with van der Waals surface area (Å²) in [5, 5.41) is 45.9. The first-order valence-corrected chi connectivity index (χ1v) is 13.4. The Hall–Kier alpha value is -4.77. The van der Waals surface area contributed by atoms with Crippen molar-refractivity contribution in [1.29, 1.82) is 0 Å². The van der Waals surface area contributed by atoms with Crippen molar-refractivity contribution in [2.45, 2.75) is 102 Å². The molecule has 242 valence electrons. The summed E-state index contributed by atoms with van der Waals surface area (Å²) < 4.78 is 0. The second-order valence-electron chi connectivity index (χ2n) is 9.61. The standard InChI is InChI=1S/C25H39N5O13/c1-2-3-18(32)28-15(24(40)41)7-11-21(35)30-16(25(42)43)6-10-19(33)27-13(12-22(36)37)4-9-20(34)29-14(23(38)39)5-8-17(26)31/h13-16H,2-12H2,1H3,(H2,26,31)(H,27,33)(H,28,32)(H,29,34)(H,30,35)(H,36,37)(H,38,39)(H,40,41)(H,42,43)/t13-,14-,15-,16-/m0/s1. The molecule has 0 aliphatic rings. The zero-order valence-electron chi connectivity index (χ0n) is 23.6. The number of nitrogens with one attached hydrogen (secondary N) is 4. The largest absolute Gasteiger partial charge is 0.481 e. The van der Waals surface area contributed by atoms with Crippen molar-refractivity contribution >= 4 is 53.4 Å². The van der Waals surface area contributed by atoms with Gasteiger partial charge in [-0.25, -0.2) is 14.4 Å². The molecule has 18 heteroatoms. The molecule has 0 fully saturated rings. The Morgan fingerprint density at radius 2 is 0.884 bits per heavy atom. The molecule has 0 spiro atoms. The summed E-state index contributed by atoms with van der Waals surface area (Å²) in [7, 11) is 0. The molecule has 0 radical (unpaired) electrons. The molecule has 0 bridgehead atoms. The smallest absolute Gasteiger partial charge is 0.326 e. The molecule has 0 aliphatic carbocycles.